The molecule has 0 unspecified atom stereocenters. The van der Waals surface area contributed by atoms with Crippen LogP contribution in [-0.4, -0.2) is 86.9 Å². The van der Waals surface area contributed by atoms with Crippen molar-refractivity contribution in [1.82, 2.24) is 24.3 Å². The fourth-order valence-corrected chi connectivity index (χ4v) is 6.86. The average Bonchev–Trinajstić information content (AvgIpc) is 3.43. The standard InChI is InChI=1S/C37H47N5O5/c1-37(2,3)42(36(44)45)29(23-26-15-17-27(18-16-26)30-12-8-19-38-35(30)47-5)24-33(43)40-20-9-11-28(25-40)34-39-31-13-6-7-14-32(31)41(34)21-10-22-46-4/h6-8,12-19,28-29H,9-11,20-25H2,1-5H3,(H,44,45)/t28-,29-/m1/s1. The number of para-hydroxylation sites is 2. The number of aryl methyl sites for hydroxylation is 1. The molecule has 3 heterocycles. The number of imidazole rings is 1. The molecule has 10 heteroatoms. The summed E-state index contributed by atoms with van der Waals surface area (Å²) in [6.07, 6.45) is 3.84. The van der Waals surface area contributed by atoms with Crippen molar-refractivity contribution in [3.8, 4) is 17.0 Å². The Morgan fingerprint density at radius 2 is 1.83 bits per heavy atom. The van der Waals surface area contributed by atoms with E-state index in [1.54, 1.807) is 20.4 Å². The Balaban J connectivity index is 1.36. The lowest BCUT2D eigenvalue weighted by Crippen LogP contribution is -2.54. The van der Waals surface area contributed by atoms with Crippen molar-refractivity contribution >= 4 is 23.0 Å². The van der Waals surface area contributed by atoms with Gasteiger partial charge in [0.1, 0.15) is 5.82 Å². The van der Waals surface area contributed by atoms with Crippen molar-refractivity contribution < 1.29 is 24.2 Å². The van der Waals surface area contributed by atoms with Gasteiger partial charge < -0.3 is 24.0 Å². The van der Waals surface area contributed by atoms with Crippen LogP contribution in [-0.2, 0) is 22.5 Å². The number of methoxy groups -OCH3 is 2. The Morgan fingerprint density at radius 3 is 2.53 bits per heavy atom. The number of benzene rings is 2. The Morgan fingerprint density at radius 1 is 1.06 bits per heavy atom. The van der Waals surface area contributed by atoms with Gasteiger partial charge in [-0.3, -0.25) is 9.69 Å². The summed E-state index contributed by atoms with van der Waals surface area (Å²) in [6.45, 7) is 8.29. The van der Waals surface area contributed by atoms with Gasteiger partial charge in [0.15, 0.2) is 0 Å². The van der Waals surface area contributed by atoms with Gasteiger partial charge in [-0.15, -0.1) is 0 Å². The summed E-state index contributed by atoms with van der Waals surface area (Å²) < 4.78 is 13.0. The lowest BCUT2D eigenvalue weighted by Gasteiger charge is -2.41. The highest BCUT2D eigenvalue weighted by Gasteiger charge is 2.37. The molecule has 0 bridgehead atoms. The fourth-order valence-electron chi connectivity index (χ4n) is 6.86. The van der Waals surface area contributed by atoms with Crippen LogP contribution in [0.25, 0.3) is 22.2 Å². The molecule has 0 aliphatic carbocycles. The summed E-state index contributed by atoms with van der Waals surface area (Å²) in [5, 5.41) is 10.4. The molecule has 250 valence electrons. The van der Waals surface area contributed by atoms with Gasteiger partial charge in [0.25, 0.3) is 0 Å². The first kappa shape index (κ1) is 33.9. The topological polar surface area (TPSA) is 110 Å². The zero-order valence-corrected chi connectivity index (χ0v) is 28.2. The van der Waals surface area contributed by atoms with Crippen molar-refractivity contribution in [2.75, 3.05) is 33.9 Å². The molecule has 1 N–H and O–H groups in total. The summed E-state index contributed by atoms with van der Waals surface area (Å²) in [5.74, 6) is 1.60. The van der Waals surface area contributed by atoms with Crippen molar-refractivity contribution in [3.63, 3.8) is 0 Å². The molecule has 0 saturated carbocycles. The maximum Gasteiger partial charge on any atom is 0.408 e. The second-order valence-electron chi connectivity index (χ2n) is 13.3. The largest absolute Gasteiger partial charge is 0.481 e. The van der Waals surface area contributed by atoms with E-state index in [0.717, 1.165) is 59.4 Å². The minimum absolute atomic E-state index is 0.0334. The molecule has 1 fully saturated rings. The lowest BCUT2D eigenvalue weighted by atomic mass is 9.93. The Kier molecular flexibility index (Phi) is 10.8. The number of fused-ring (bicyclic) bond motifs is 1. The number of nitrogens with zero attached hydrogens (tertiary/aromatic N) is 5. The molecule has 5 rings (SSSR count). The number of ether oxygens (including phenoxy) is 2. The number of piperidine rings is 1. The predicted molar refractivity (Wildman–Crippen MR) is 183 cm³/mol. The van der Waals surface area contributed by atoms with Gasteiger partial charge in [-0.2, -0.15) is 0 Å². The molecule has 2 aromatic heterocycles. The molecule has 0 spiro atoms. The van der Waals surface area contributed by atoms with Gasteiger partial charge in [0, 0.05) is 69.0 Å². The monoisotopic (exact) mass is 641 g/mol. The molecule has 0 radical (unpaired) electrons. The van der Waals surface area contributed by atoms with Crippen molar-refractivity contribution in [3.05, 3.63) is 78.2 Å². The van der Waals surface area contributed by atoms with Gasteiger partial charge in [-0.25, -0.2) is 14.8 Å². The SMILES string of the molecule is COCCCn1c([C@@H]2CCCN(C(=O)C[C@@H](Cc3ccc(-c4cccnc4OC)cc3)N(C(=O)O)C(C)(C)C)C2)nc2ccccc21. The highest BCUT2D eigenvalue weighted by molar-refractivity contribution is 5.79. The molecule has 2 amide bonds. The summed E-state index contributed by atoms with van der Waals surface area (Å²) in [6, 6.07) is 19.4. The Labute approximate surface area is 277 Å². The van der Waals surface area contributed by atoms with Crippen LogP contribution in [0, 0.1) is 0 Å². The summed E-state index contributed by atoms with van der Waals surface area (Å²) in [5.41, 5.74) is 4.13. The normalized spacial score (nSPS) is 15.9. The maximum atomic E-state index is 14.0. The van der Waals surface area contributed by atoms with Crippen LogP contribution in [0.2, 0.25) is 0 Å². The van der Waals surface area contributed by atoms with E-state index in [2.05, 4.69) is 15.6 Å². The van der Waals surface area contributed by atoms with E-state index < -0.39 is 17.7 Å². The van der Waals surface area contributed by atoms with Gasteiger partial charge in [0.2, 0.25) is 11.8 Å². The smallest absolute Gasteiger partial charge is 0.408 e. The summed E-state index contributed by atoms with van der Waals surface area (Å²) in [4.78, 5) is 39.4. The van der Waals surface area contributed by atoms with E-state index in [9.17, 15) is 14.7 Å². The molecule has 10 nitrogen and oxygen atoms in total. The van der Waals surface area contributed by atoms with E-state index in [0.29, 0.717) is 32.0 Å². The Bertz CT molecular complexity index is 1660. The zero-order valence-electron chi connectivity index (χ0n) is 28.2. The van der Waals surface area contributed by atoms with Crippen LogP contribution in [0.4, 0.5) is 4.79 Å². The number of hydrogen-bond acceptors (Lipinski definition) is 6. The number of carbonyl (C=O) groups excluding carboxylic acids is 1. The zero-order chi connectivity index (χ0) is 33.6. The maximum absolute atomic E-state index is 14.0. The van der Waals surface area contributed by atoms with Gasteiger partial charge in [0.05, 0.1) is 18.1 Å². The fraction of sp³-hybridized carbons (Fsp3) is 0.459. The van der Waals surface area contributed by atoms with Crippen molar-refractivity contribution in [2.24, 2.45) is 0 Å². The van der Waals surface area contributed by atoms with Gasteiger partial charge >= 0.3 is 6.09 Å². The molecule has 2 aromatic carbocycles. The number of rotatable bonds is 12. The van der Waals surface area contributed by atoms with Crippen molar-refractivity contribution in [1.29, 1.82) is 0 Å². The number of carbonyl (C=O) groups is 2. The summed E-state index contributed by atoms with van der Waals surface area (Å²) >= 11 is 0. The van der Waals surface area contributed by atoms with E-state index in [1.165, 1.54) is 4.90 Å². The second kappa shape index (κ2) is 15.0. The van der Waals surface area contributed by atoms with Crippen LogP contribution < -0.4 is 4.74 Å². The first-order valence-electron chi connectivity index (χ1n) is 16.4. The van der Waals surface area contributed by atoms with E-state index >= 15 is 0 Å². The first-order valence-corrected chi connectivity index (χ1v) is 16.4. The number of hydrogen-bond donors (Lipinski definition) is 1. The Hall–Kier alpha value is -4.44. The minimum Gasteiger partial charge on any atom is -0.481 e. The lowest BCUT2D eigenvalue weighted by molar-refractivity contribution is -0.134. The third-order valence-electron chi connectivity index (χ3n) is 8.96. The molecular weight excluding hydrogens is 594 g/mol. The molecule has 4 aromatic rings. The molecule has 2 atom stereocenters. The van der Waals surface area contributed by atoms with Crippen molar-refractivity contribution in [2.45, 2.75) is 76.9 Å². The van der Waals surface area contributed by atoms with Crippen LogP contribution in [0.15, 0.2) is 66.9 Å². The summed E-state index contributed by atoms with van der Waals surface area (Å²) in [7, 11) is 3.31. The van der Waals surface area contributed by atoms with Crippen LogP contribution in [0.1, 0.15) is 63.8 Å². The first-order chi connectivity index (χ1) is 22.6. The number of amides is 2. The van der Waals surface area contributed by atoms with Crippen LogP contribution >= 0.6 is 0 Å². The highest BCUT2D eigenvalue weighted by Crippen LogP contribution is 2.32. The minimum atomic E-state index is -1.03. The average molecular weight is 642 g/mol. The number of aromatic nitrogens is 3. The van der Waals surface area contributed by atoms with E-state index in [1.807, 2.05) is 80.3 Å². The van der Waals surface area contributed by atoms with Crippen LogP contribution in [0.3, 0.4) is 0 Å². The quantitative estimate of drug-likeness (QED) is 0.173. The molecule has 1 aliphatic heterocycles. The highest BCUT2D eigenvalue weighted by atomic mass is 16.5. The molecule has 1 aliphatic rings. The van der Waals surface area contributed by atoms with Gasteiger partial charge in [-0.05, 0) is 81.8 Å². The number of likely N-dealkylation sites (tertiary alicyclic amines) is 1. The van der Waals surface area contributed by atoms with Crippen LogP contribution in [0.5, 0.6) is 5.88 Å². The third-order valence-corrected chi connectivity index (χ3v) is 8.96. The molecule has 47 heavy (non-hydrogen) atoms. The molecular formula is C37H47N5O5. The predicted octanol–water partition coefficient (Wildman–Crippen LogP) is 6.63. The third kappa shape index (κ3) is 7.93. The van der Waals surface area contributed by atoms with Gasteiger partial charge in [-0.1, -0.05) is 36.4 Å². The second-order valence-corrected chi connectivity index (χ2v) is 13.3. The number of pyridine rings is 1. The van der Waals surface area contributed by atoms with E-state index in [-0.39, 0.29) is 18.2 Å². The number of carboxylic acid groups (broad SMARTS) is 1. The molecule has 1 saturated heterocycles. The van der Waals surface area contributed by atoms with E-state index in [4.69, 9.17) is 14.5 Å².